The second kappa shape index (κ2) is 7.06. The van der Waals surface area contributed by atoms with Gasteiger partial charge in [0.25, 0.3) is 5.91 Å². The van der Waals surface area contributed by atoms with Crippen molar-refractivity contribution < 1.29 is 18.0 Å². The molecule has 2 heterocycles. The van der Waals surface area contributed by atoms with Crippen molar-refractivity contribution in [3.8, 4) is 0 Å². The minimum atomic E-state index is -4.50. The van der Waals surface area contributed by atoms with Crippen molar-refractivity contribution in [3.63, 3.8) is 0 Å². The van der Waals surface area contributed by atoms with E-state index in [1.54, 1.807) is 6.07 Å². The zero-order chi connectivity index (χ0) is 19.8. The highest BCUT2D eigenvalue weighted by molar-refractivity contribution is 6.05. The minimum Gasteiger partial charge on any atom is -0.320 e. The molecule has 7 heteroatoms. The number of amides is 1. The van der Waals surface area contributed by atoms with Crippen LogP contribution in [0.25, 0.3) is 5.65 Å². The number of benzene rings is 1. The number of alkyl halides is 3. The number of rotatable bonds is 4. The van der Waals surface area contributed by atoms with Gasteiger partial charge in [0.15, 0.2) is 0 Å². The highest BCUT2D eigenvalue weighted by atomic mass is 19.4. The summed E-state index contributed by atoms with van der Waals surface area (Å²) in [5.41, 5.74) is 2.67. The quantitative estimate of drug-likeness (QED) is 0.683. The average molecular weight is 375 g/mol. The van der Waals surface area contributed by atoms with E-state index >= 15 is 0 Å². The van der Waals surface area contributed by atoms with Crippen LogP contribution in [0, 0.1) is 13.8 Å². The van der Waals surface area contributed by atoms with Gasteiger partial charge < -0.3 is 5.32 Å². The summed E-state index contributed by atoms with van der Waals surface area (Å²) in [6, 6.07) is 7.84. The molecule has 27 heavy (non-hydrogen) atoms. The molecule has 0 fully saturated rings. The van der Waals surface area contributed by atoms with Crippen molar-refractivity contribution in [1.82, 2.24) is 9.38 Å². The van der Waals surface area contributed by atoms with Crippen LogP contribution in [0.3, 0.4) is 0 Å². The maximum Gasteiger partial charge on any atom is 0.417 e. The van der Waals surface area contributed by atoms with E-state index in [4.69, 9.17) is 0 Å². The second-order valence-corrected chi connectivity index (χ2v) is 6.57. The van der Waals surface area contributed by atoms with Crippen LogP contribution in [0.5, 0.6) is 0 Å². The van der Waals surface area contributed by atoms with Crippen LogP contribution in [0.2, 0.25) is 0 Å². The van der Waals surface area contributed by atoms with Crippen LogP contribution >= 0.6 is 0 Å². The van der Waals surface area contributed by atoms with E-state index in [-0.39, 0.29) is 5.69 Å². The Labute approximate surface area is 155 Å². The molecule has 0 aliphatic rings. The molecule has 1 amide bonds. The van der Waals surface area contributed by atoms with Crippen molar-refractivity contribution in [2.75, 3.05) is 5.32 Å². The highest BCUT2D eigenvalue weighted by Gasteiger charge is 2.32. The summed E-state index contributed by atoms with van der Waals surface area (Å²) in [6.07, 6.45) is -2.35. The number of imidazole rings is 1. The third-order valence-corrected chi connectivity index (χ3v) is 4.35. The lowest BCUT2D eigenvalue weighted by Crippen LogP contribution is -2.18. The number of nitrogens with zero attached hydrogens (tertiary/aromatic N) is 2. The Balaban J connectivity index is 2.09. The van der Waals surface area contributed by atoms with E-state index in [0.717, 1.165) is 29.8 Å². The summed E-state index contributed by atoms with van der Waals surface area (Å²) in [5, 5.41) is 2.81. The summed E-state index contributed by atoms with van der Waals surface area (Å²) in [4.78, 5) is 17.3. The number of fused-ring (bicyclic) bond motifs is 1. The van der Waals surface area contributed by atoms with E-state index in [1.165, 1.54) is 10.5 Å². The Morgan fingerprint density at radius 1 is 1.19 bits per heavy atom. The maximum absolute atomic E-state index is 13.1. The van der Waals surface area contributed by atoms with E-state index in [9.17, 15) is 18.0 Å². The predicted molar refractivity (Wildman–Crippen MR) is 98.1 cm³/mol. The Morgan fingerprint density at radius 2 is 1.93 bits per heavy atom. The van der Waals surface area contributed by atoms with Crippen LogP contribution in [0.1, 0.15) is 46.2 Å². The molecule has 2 aromatic heterocycles. The summed E-state index contributed by atoms with van der Waals surface area (Å²) < 4.78 is 40.5. The first-order valence-corrected chi connectivity index (χ1v) is 8.67. The standard InChI is InChI=1S/C20H20F3N3O/c1-4-5-16-18(19(27)25-15-8-6-12(2)10-13(15)3)26-11-14(20(21,22)23)7-9-17(26)24-16/h6-11H,4-5H2,1-3H3,(H,25,27). The van der Waals surface area contributed by atoms with Gasteiger partial charge in [0.05, 0.1) is 11.3 Å². The Bertz CT molecular complexity index is 1010. The molecular formula is C20H20F3N3O. The van der Waals surface area contributed by atoms with Crippen LogP contribution in [-0.2, 0) is 12.6 Å². The number of carbonyl (C=O) groups is 1. The van der Waals surface area contributed by atoms with Gasteiger partial charge in [-0.05, 0) is 44.0 Å². The highest BCUT2D eigenvalue weighted by Crippen LogP contribution is 2.30. The molecule has 0 bridgehead atoms. The summed E-state index contributed by atoms with van der Waals surface area (Å²) in [7, 11) is 0. The molecule has 1 N–H and O–H groups in total. The number of aromatic nitrogens is 2. The molecule has 0 unspecified atom stereocenters. The Morgan fingerprint density at radius 3 is 2.56 bits per heavy atom. The SMILES string of the molecule is CCCc1nc2ccc(C(F)(F)F)cn2c1C(=O)Nc1ccc(C)cc1C. The topological polar surface area (TPSA) is 46.4 Å². The van der Waals surface area contributed by atoms with Crippen molar-refractivity contribution in [2.24, 2.45) is 0 Å². The van der Waals surface area contributed by atoms with Crippen molar-refractivity contribution >= 4 is 17.2 Å². The lowest BCUT2D eigenvalue weighted by molar-refractivity contribution is -0.137. The zero-order valence-corrected chi connectivity index (χ0v) is 15.3. The average Bonchev–Trinajstić information content (AvgIpc) is 2.94. The van der Waals surface area contributed by atoms with Crippen LogP contribution in [-0.4, -0.2) is 15.3 Å². The Hall–Kier alpha value is -2.83. The van der Waals surface area contributed by atoms with Gasteiger partial charge in [-0.25, -0.2) is 4.98 Å². The molecule has 0 spiro atoms. The smallest absolute Gasteiger partial charge is 0.320 e. The molecule has 1 aromatic carbocycles. The fraction of sp³-hybridized carbons (Fsp3) is 0.300. The van der Waals surface area contributed by atoms with E-state index in [0.29, 0.717) is 23.4 Å². The monoisotopic (exact) mass is 375 g/mol. The maximum atomic E-state index is 13.1. The number of anilines is 1. The van der Waals surface area contributed by atoms with Gasteiger partial charge in [0, 0.05) is 11.9 Å². The lowest BCUT2D eigenvalue weighted by atomic mass is 10.1. The number of hydrogen-bond donors (Lipinski definition) is 1. The lowest BCUT2D eigenvalue weighted by Gasteiger charge is -2.11. The molecule has 0 atom stereocenters. The number of carbonyl (C=O) groups excluding carboxylic acids is 1. The van der Waals surface area contributed by atoms with E-state index < -0.39 is 17.6 Å². The van der Waals surface area contributed by atoms with Crippen molar-refractivity contribution in [1.29, 1.82) is 0 Å². The first kappa shape index (κ1) is 18.9. The van der Waals surface area contributed by atoms with Crippen LogP contribution in [0.4, 0.5) is 18.9 Å². The molecule has 0 saturated carbocycles. The second-order valence-electron chi connectivity index (χ2n) is 6.57. The van der Waals surface area contributed by atoms with Crippen molar-refractivity contribution in [2.45, 2.75) is 39.8 Å². The van der Waals surface area contributed by atoms with Gasteiger partial charge >= 0.3 is 6.18 Å². The zero-order valence-electron chi connectivity index (χ0n) is 15.3. The first-order chi connectivity index (χ1) is 12.7. The summed E-state index contributed by atoms with van der Waals surface area (Å²) in [6.45, 7) is 5.74. The normalized spacial score (nSPS) is 11.8. The molecule has 0 saturated heterocycles. The molecular weight excluding hydrogens is 355 g/mol. The molecule has 142 valence electrons. The van der Waals surface area contributed by atoms with Gasteiger partial charge in [0.2, 0.25) is 0 Å². The van der Waals surface area contributed by atoms with Gasteiger partial charge in [-0.3, -0.25) is 9.20 Å². The molecule has 0 aliphatic carbocycles. The number of hydrogen-bond acceptors (Lipinski definition) is 2. The third kappa shape index (κ3) is 3.82. The van der Waals surface area contributed by atoms with E-state index in [2.05, 4.69) is 10.3 Å². The van der Waals surface area contributed by atoms with Gasteiger partial charge in [-0.15, -0.1) is 0 Å². The number of pyridine rings is 1. The fourth-order valence-corrected chi connectivity index (χ4v) is 3.05. The van der Waals surface area contributed by atoms with E-state index in [1.807, 2.05) is 32.9 Å². The first-order valence-electron chi connectivity index (χ1n) is 8.67. The fourth-order valence-electron chi connectivity index (χ4n) is 3.05. The van der Waals surface area contributed by atoms with Gasteiger partial charge in [-0.1, -0.05) is 31.0 Å². The van der Waals surface area contributed by atoms with Crippen LogP contribution < -0.4 is 5.32 Å². The van der Waals surface area contributed by atoms with Crippen molar-refractivity contribution in [3.05, 3.63) is 64.6 Å². The minimum absolute atomic E-state index is 0.137. The summed E-state index contributed by atoms with van der Waals surface area (Å²) in [5.74, 6) is -0.475. The molecule has 3 rings (SSSR count). The molecule has 3 aromatic rings. The predicted octanol–water partition coefficient (Wildman–Crippen LogP) is 5.17. The molecule has 0 radical (unpaired) electrons. The Kier molecular flexibility index (Phi) is 4.95. The number of aryl methyl sites for hydroxylation is 3. The van der Waals surface area contributed by atoms with Gasteiger partial charge in [0.1, 0.15) is 11.3 Å². The third-order valence-electron chi connectivity index (χ3n) is 4.35. The van der Waals surface area contributed by atoms with Gasteiger partial charge in [-0.2, -0.15) is 13.2 Å². The molecule has 0 aliphatic heterocycles. The number of halogens is 3. The number of nitrogens with one attached hydrogen (secondary N) is 1. The molecule has 4 nitrogen and oxygen atoms in total. The largest absolute Gasteiger partial charge is 0.417 e. The van der Waals surface area contributed by atoms with Crippen LogP contribution in [0.15, 0.2) is 36.5 Å². The summed E-state index contributed by atoms with van der Waals surface area (Å²) >= 11 is 0.